The van der Waals surface area contributed by atoms with E-state index in [0.29, 0.717) is 6.42 Å². The van der Waals surface area contributed by atoms with Gasteiger partial charge in [0.1, 0.15) is 0 Å². The fourth-order valence-corrected chi connectivity index (χ4v) is 1.83. The standard InChI is InChI=1S/C14H29O/c1-3-5-6-7-8-9-10-11-12-13-14(15)4-2/h14-15H,2-13H2,1H3. The van der Waals surface area contributed by atoms with Gasteiger partial charge < -0.3 is 5.11 Å². The van der Waals surface area contributed by atoms with Crippen LogP contribution in [-0.2, 0) is 0 Å². The van der Waals surface area contributed by atoms with E-state index < -0.39 is 0 Å². The van der Waals surface area contributed by atoms with Crippen LogP contribution in [0.2, 0.25) is 0 Å². The molecule has 1 N–H and O–H groups in total. The van der Waals surface area contributed by atoms with E-state index in [1.54, 1.807) is 0 Å². The van der Waals surface area contributed by atoms with Gasteiger partial charge in [-0.15, -0.1) is 0 Å². The second-order valence-corrected chi connectivity index (χ2v) is 4.56. The summed E-state index contributed by atoms with van der Waals surface area (Å²) in [6.07, 6.45) is 13.6. The summed E-state index contributed by atoms with van der Waals surface area (Å²) in [6, 6.07) is 0. The van der Waals surface area contributed by atoms with Gasteiger partial charge in [0, 0.05) is 0 Å². The highest BCUT2D eigenvalue weighted by atomic mass is 16.3. The summed E-state index contributed by atoms with van der Waals surface area (Å²) < 4.78 is 0. The monoisotopic (exact) mass is 213 g/mol. The summed E-state index contributed by atoms with van der Waals surface area (Å²) in [6.45, 7) is 5.95. The van der Waals surface area contributed by atoms with Crippen molar-refractivity contribution < 1.29 is 5.11 Å². The van der Waals surface area contributed by atoms with Crippen molar-refractivity contribution in [2.24, 2.45) is 0 Å². The molecule has 0 aliphatic rings. The van der Waals surface area contributed by atoms with Gasteiger partial charge >= 0.3 is 0 Å². The molecule has 1 nitrogen and oxygen atoms in total. The molecule has 0 bridgehead atoms. The van der Waals surface area contributed by atoms with Gasteiger partial charge in [0.2, 0.25) is 0 Å². The molecule has 0 spiro atoms. The predicted molar refractivity (Wildman–Crippen MR) is 67.8 cm³/mol. The number of rotatable bonds is 11. The summed E-state index contributed by atoms with van der Waals surface area (Å²) >= 11 is 0. The molecule has 0 amide bonds. The second kappa shape index (κ2) is 12.0. The Labute approximate surface area is 96.3 Å². The van der Waals surface area contributed by atoms with Crippen LogP contribution in [0.3, 0.4) is 0 Å². The molecular weight excluding hydrogens is 184 g/mol. The maximum atomic E-state index is 9.30. The van der Waals surface area contributed by atoms with Gasteiger partial charge in [-0.05, 0) is 12.8 Å². The Morgan fingerprint density at radius 2 is 1.33 bits per heavy atom. The Morgan fingerprint density at radius 1 is 0.867 bits per heavy atom. The zero-order valence-electron chi connectivity index (χ0n) is 10.5. The van der Waals surface area contributed by atoms with Crippen molar-refractivity contribution >= 4 is 0 Å². The molecule has 0 aromatic rings. The van der Waals surface area contributed by atoms with E-state index in [1.807, 2.05) is 0 Å². The largest absolute Gasteiger partial charge is 0.393 e. The van der Waals surface area contributed by atoms with Crippen LogP contribution in [0.4, 0.5) is 0 Å². The first kappa shape index (κ1) is 15.0. The zero-order chi connectivity index (χ0) is 11.4. The fourth-order valence-electron chi connectivity index (χ4n) is 1.83. The SMILES string of the molecule is [CH2]CC(O)CCCCCCCCCCC. The van der Waals surface area contributed by atoms with Crippen molar-refractivity contribution in [3.8, 4) is 0 Å². The molecule has 1 radical (unpaired) electrons. The van der Waals surface area contributed by atoms with Crippen LogP contribution in [-0.4, -0.2) is 11.2 Å². The molecule has 0 aliphatic heterocycles. The fraction of sp³-hybridized carbons (Fsp3) is 0.929. The quantitative estimate of drug-likeness (QED) is 0.501. The van der Waals surface area contributed by atoms with E-state index in [0.717, 1.165) is 6.42 Å². The number of aliphatic hydroxyl groups is 1. The van der Waals surface area contributed by atoms with Crippen LogP contribution in [0.1, 0.15) is 77.6 Å². The van der Waals surface area contributed by atoms with Gasteiger partial charge in [0.05, 0.1) is 6.10 Å². The summed E-state index contributed by atoms with van der Waals surface area (Å²) in [5.74, 6) is 0. The molecule has 0 saturated carbocycles. The third kappa shape index (κ3) is 11.9. The van der Waals surface area contributed by atoms with Crippen LogP contribution < -0.4 is 0 Å². The smallest absolute Gasteiger partial charge is 0.0540 e. The van der Waals surface area contributed by atoms with Crippen molar-refractivity contribution in [1.82, 2.24) is 0 Å². The van der Waals surface area contributed by atoms with E-state index in [1.165, 1.54) is 57.8 Å². The van der Waals surface area contributed by atoms with Crippen LogP contribution in [0.5, 0.6) is 0 Å². The van der Waals surface area contributed by atoms with Gasteiger partial charge in [-0.1, -0.05) is 71.6 Å². The van der Waals surface area contributed by atoms with Crippen molar-refractivity contribution in [2.75, 3.05) is 0 Å². The Morgan fingerprint density at radius 3 is 1.80 bits per heavy atom. The molecule has 1 unspecified atom stereocenters. The number of hydrogen-bond acceptors (Lipinski definition) is 1. The average molecular weight is 213 g/mol. The van der Waals surface area contributed by atoms with Gasteiger partial charge in [0.15, 0.2) is 0 Å². The average Bonchev–Trinajstić information content (AvgIpc) is 2.26. The number of hydrogen-bond donors (Lipinski definition) is 1. The van der Waals surface area contributed by atoms with Crippen molar-refractivity contribution in [1.29, 1.82) is 0 Å². The third-order valence-corrected chi connectivity index (χ3v) is 2.97. The Kier molecular flexibility index (Phi) is 12.0. The van der Waals surface area contributed by atoms with Crippen molar-refractivity contribution in [3.05, 3.63) is 6.92 Å². The molecule has 0 rings (SSSR count). The molecular formula is C14H29O. The summed E-state index contributed by atoms with van der Waals surface area (Å²) in [4.78, 5) is 0. The van der Waals surface area contributed by atoms with E-state index in [4.69, 9.17) is 0 Å². The first-order chi connectivity index (χ1) is 7.31. The normalized spacial score (nSPS) is 13.0. The minimum Gasteiger partial charge on any atom is -0.393 e. The van der Waals surface area contributed by atoms with Crippen LogP contribution in [0.15, 0.2) is 0 Å². The molecule has 0 saturated heterocycles. The third-order valence-electron chi connectivity index (χ3n) is 2.97. The maximum Gasteiger partial charge on any atom is 0.0540 e. The molecule has 1 heteroatoms. The lowest BCUT2D eigenvalue weighted by Crippen LogP contribution is -2.03. The predicted octanol–water partition coefficient (Wildman–Crippen LogP) is 4.49. The molecule has 0 aromatic heterocycles. The lowest BCUT2D eigenvalue weighted by Gasteiger charge is -2.06. The molecule has 15 heavy (non-hydrogen) atoms. The highest BCUT2D eigenvalue weighted by molar-refractivity contribution is 4.57. The van der Waals surface area contributed by atoms with E-state index in [2.05, 4.69) is 13.8 Å². The van der Waals surface area contributed by atoms with E-state index in [9.17, 15) is 5.11 Å². The van der Waals surface area contributed by atoms with Gasteiger partial charge in [-0.2, -0.15) is 0 Å². The van der Waals surface area contributed by atoms with E-state index in [-0.39, 0.29) is 6.10 Å². The zero-order valence-corrected chi connectivity index (χ0v) is 10.5. The summed E-state index contributed by atoms with van der Waals surface area (Å²) in [5.41, 5.74) is 0. The highest BCUT2D eigenvalue weighted by Crippen LogP contribution is 2.11. The number of aliphatic hydroxyl groups excluding tert-OH is 1. The minimum atomic E-state index is -0.158. The lowest BCUT2D eigenvalue weighted by atomic mass is 10.0. The number of unbranched alkanes of at least 4 members (excludes halogenated alkanes) is 8. The Balaban J connectivity index is 2.92. The maximum absolute atomic E-state index is 9.30. The second-order valence-electron chi connectivity index (χ2n) is 4.56. The van der Waals surface area contributed by atoms with Gasteiger partial charge in [-0.25, -0.2) is 0 Å². The molecule has 0 fully saturated rings. The summed E-state index contributed by atoms with van der Waals surface area (Å²) in [5, 5.41) is 9.30. The Hall–Kier alpha value is -0.0400. The molecule has 91 valence electrons. The highest BCUT2D eigenvalue weighted by Gasteiger charge is 1.99. The van der Waals surface area contributed by atoms with Crippen LogP contribution in [0.25, 0.3) is 0 Å². The van der Waals surface area contributed by atoms with Gasteiger partial charge in [0.25, 0.3) is 0 Å². The van der Waals surface area contributed by atoms with Crippen LogP contribution in [0, 0.1) is 6.92 Å². The molecule has 0 heterocycles. The Bertz CT molecular complexity index is 112. The van der Waals surface area contributed by atoms with E-state index >= 15 is 0 Å². The first-order valence-electron chi connectivity index (χ1n) is 6.78. The van der Waals surface area contributed by atoms with Crippen molar-refractivity contribution in [3.63, 3.8) is 0 Å². The summed E-state index contributed by atoms with van der Waals surface area (Å²) in [7, 11) is 0. The van der Waals surface area contributed by atoms with Gasteiger partial charge in [-0.3, -0.25) is 0 Å². The molecule has 0 aromatic carbocycles. The molecule has 0 aliphatic carbocycles. The minimum absolute atomic E-state index is 0.158. The molecule has 1 atom stereocenters. The van der Waals surface area contributed by atoms with Crippen LogP contribution >= 0.6 is 0 Å². The topological polar surface area (TPSA) is 20.2 Å². The lowest BCUT2D eigenvalue weighted by molar-refractivity contribution is 0.163. The first-order valence-corrected chi connectivity index (χ1v) is 6.78. The van der Waals surface area contributed by atoms with Crippen molar-refractivity contribution in [2.45, 2.75) is 83.7 Å².